The number of rotatable bonds is 3. The third-order valence-corrected chi connectivity index (χ3v) is 6.35. The average molecular weight is 455 g/mol. The number of halogens is 1. The summed E-state index contributed by atoms with van der Waals surface area (Å²) < 4.78 is 5.83. The minimum Gasteiger partial charge on any atom is -0.372 e. The first-order valence-corrected chi connectivity index (χ1v) is 11.3. The van der Waals surface area contributed by atoms with Gasteiger partial charge in [0.2, 0.25) is 0 Å². The molecule has 1 aliphatic heterocycles. The molecular formula is C27H23ClN4O. The van der Waals surface area contributed by atoms with Gasteiger partial charge in [0.1, 0.15) is 5.82 Å². The summed E-state index contributed by atoms with van der Waals surface area (Å²) in [5.41, 5.74) is 5.23. The van der Waals surface area contributed by atoms with E-state index in [1.165, 1.54) is 0 Å². The SMILES string of the molecule is [C-]#[N+]c1ccc(-c2cccc3c(Cl)c(-c4ccc(N5C[C@@H](C)O[C@@H](C)C5)nc4)cnc23)cc1. The first-order valence-electron chi connectivity index (χ1n) is 11.0. The third-order valence-electron chi connectivity index (χ3n) is 5.94. The van der Waals surface area contributed by atoms with E-state index in [9.17, 15) is 0 Å². The lowest BCUT2D eigenvalue weighted by Crippen LogP contribution is -2.45. The van der Waals surface area contributed by atoms with Crippen molar-refractivity contribution in [3.05, 3.63) is 83.4 Å². The van der Waals surface area contributed by atoms with Crippen LogP contribution in [0.4, 0.5) is 11.5 Å². The fraction of sp³-hybridized carbons (Fsp3) is 0.222. The maximum atomic E-state index is 7.15. The van der Waals surface area contributed by atoms with Crippen molar-refractivity contribution in [1.82, 2.24) is 9.97 Å². The van der Waals surface area contributed by atoms with Gasteiger partial charge in [-0.1, -0.05) is 54.1 Å². The molecule has 4 aromatic rings. The highest BCUT2D eigenvalue weighted by Crippen LogP contribution is 2.37. The summed E-state index contributed by atoms with van der Waals surface area (Å²) in [5.74, 6) is 0.941. The van der Waals surface area contributed by atoms with Crippen molar-refractivity contribution in [2.24, 2.45) is 0 Å². The number of anilines is 1. The second kappa shape index (κ2) is 8.82. The Morgan fingerprint density at radius 3 is 2.30 bits per heavy atom. The van der Waals surface area contributed by atoms with Crippen LogP contribution in [0, 0.1) is 6.57 Å². The van der Waals surface area contributed by atoms with Gasteiger partial charge in [-0.3, -0.25) is 4.98 Å². The largest absolute Gasteiger partial charge is 0.372 e. The van der Waals surface area contributed by atoms with Gasteiger partial charge in [-0.05, 0) is 31.5 Å². The van der Waals surface area contributed by atoms with E-state index in [-0.39, 0.29) is 12.2 Å². The lowest BCUT2D eigenvalue weighted by atomic mass is 10.00. The van der Waals surface area contributed by atoms with E-state index < -0.39 is 0 Å². The molecule has 0 aliphatic carbocycles. The molecule has 0 saturated carbocycles. The smallest absolute Gasteiger partial charge is 0.187 e. The lowest BCUT2D eigenvalue weighted by Gasteiger charge is -2.36. The quantitative estimate of drug-likeness (QED) is 0.320. The number of para-hydroxylation sites is 1. The molecule has 0 unspecified atom stereocenters. The average Bonchev–Trinajstić information content (AvgIpc) is 2.84. The van der Waals surface area contributed by atoms with Gasteiger partial charge < -0.3 is 9.64 Å². The summed E-state index contributed by atoms with van der Waals surface area (Å²) in [6.45, 7) is 13.0. The van der Waals surface area contributed by atoms with Crippen molar-refractivity contribution in [2.75, 3.05) is 18.0 Å². The molecule has 1 aliphatic rings. The molecule has 33 heavy (non-hydrogen) atoms. The zero-order valence-electron chi connectivity index (χ0n) is 18.5. The van der Waals surface area contributed by atoms with Crippen LogP contribution < -0.4 is 4.90 Å². The van der Waals surface area contributed by atoms with Crippen LogP contribution in [-0.2, 0) is 4.74 Å². The molecule has 164 valence electrons. The highest BCUT2D eigenvalue weighted by Gasteiger charge is 2.23. The number of hydrogen-bond donors (Lipinski definition) is 0. The van der Waals surface area contributed by atoms with Crippen molar-refractivity contribution in [3.8, 4) is 22.3 Å². The van der Waals surface area contributed by atoms with Crippen LogP contribution in [0.25, 0.3) is 38.0 Å². The maximum absolute atomic E-state index is 7.15. The summed E-state index contributed by atoms with van der Waals surface area (Å²) >= 11 is 6.88. The van der Waals surface area contributed by atoms with Crippen LogP contribution >= 0.6 is 11.6 Å². The van der Waals surface area contributed by atoms with Crippen molar-refractivity contribution >= 4 is 34.0 Å². The minimum absolute atomic E-state index is 0.182. The number of aromatic nitrogens is 2. The summed E-state index contributed by atoms with van der Waals surface area (Å²) in [6, 6.07) is 17.6. The number of hydrogen-bond acceptors (Lipinski definition) is 4. The van der Waals surface area contributed by atoms with Crippen LogP contribution in [0.15, 0.2) is 67.0 Å². The Bertz CT molecular complexity index is 1340. The predicted octanol–water partition coefficient (Wildman–Crippen LogP) is 6.78. The van der Waals surface area contributed by atoms with E-state index in [0.717, 1.165) is 52.1 Å². The molecule has 0 radical (unpaired) electrons. The predicted molar refractivity (Wildman–Crippen MR) is 134 cm³/mol. The van der Waals surface area contributed by atoms with Crippen LogP contribution in [0.1, 0.15) is 13.8 Å². The normalized spacial score (nSPS) is 18.3. The van der Waals surface area contributed by atoms with Gasteiger partial charge in [0.15, 0.2) is 5.69 Å². The van der Waals surface area contributed by atoms with Gasteiger partial charge in [-0.25, -0.2) is 9.83 Å². The van der Waals surface area contributed by atoms with Crippen LogP contribution in [0.2, 0.25) is 5.02 Å². The molecule has 5 nitrogen and oxygen atoms in total. The summed E-state index contributed by atoms with van der Waals surface area (Å²) in [6.07, 6.45) is 4.04. The first kappa shape index (κ1) is 21.4. The Labute approximate surface area is 198 Å². The second-order valence-corrected chi connectivity index (χ2v) is 8.79. The molecule has 0 N–H and O–H groups in total. The minimum atomic E-state index is 0.182. The highest BCUT2D eigenvalue weighted by molar-refractivity contribution is 6.38. The van der Waals surface area contributed by atoms with Crippen molar-refractivity contribution in [3.63, 3.8) is 0 Å². The fourth-order valence-corrected chi connectivity index (χ4v) is 4.75. The van der Waals surface area contributed by atoms with Gasteiger partial charge in [-0.2, -0.15) is 0 Å². The van der Waals surface area contributed by atoms with E-state index in [4.69, 9.17) is 32.9 Å². The second-order valence-electron chi connectivity index (χ2n) is 8.41. The Morgan fingerprint density at radius 1 is 0.909 bits per heavy atom. The number of pyridine rings is 2. The summed E-state index contributed by atoms with van der Waals surface area (Å²) in [4.78, 5) is 15.2. The molecule has 6 heteroatoms. The number of fused-ring (bicyclic) bond motifs is 1. The molecule has 0 amide bonds. The molecule has 2 aromatic carbocycles. The van der Waals surface area contributed by atoms with E-state index in [0.29, 0.717) is 10.7 Å². The molecule has 1 saturated heterocycles. The van der Waals surface area contributed by atoms with E-state index in [2.05, 4.69) is 29.7 Å². The van der Waals surface area contributed by atoms with E-state index >= 15 is 0 Å². The number of ether oxygens (including phenoxy) is 1. The zero-order chi connectivity index (χ0) is 22.9. The molecule has 2 atom stereocenters. The van der Waals surface area contributed by atoms with Crippen LogP contribution in [0.5, 0.6) is 0 Å². The standard InChI is InChI=1S/C27H23ClN4O/c1-17-15-32(16-18(2)33-17)25-12-9-20(13-30-25)24-14-31-27-22(5-4-6-23(27)26(24)28)19-7-10-21(29-3)11-8-19/h4-14,17-18H,15-16H2,1-2H3/t17-,18+. The Morgan fingerprint density at radius 2 is 1.64 bits per heavy atom. The molecule has 0 spiro atoms. The Kier molecular flexibility index (Phi) is 5.72. The van der Waals surface area contributed by atoms with Gasteiger partial charge in [0.05, 0.1) is 29.3 Å². The third kappa shape index (κ3) is 4.16. The topological polar surface area (TPSA) is 42.6 Å². The van der Waals surface area contributed by atoms with Crippen molar-refractivity contribution < 1.29 is 4.74 Å². The number of nitrogens with zero attached hydrogens (tertiary/aromatic N) is 4. The molecule has 5 rings (SSSR count). The number of morpholine rings is 1. The van der Waals surface area contributed by atoms with Crippen LogP contribution in [0.3, 0.4) is 0 Å². The molecular weight excluding hydrogens is 432 g/mol. The van der Waals surface area contributed by atoms with Gasteiger partial charge in [-0.15, -0.1) is 0 Å². The molecule has 1 fully saturated rings. The van der Waals surface area contributed by atoms with Gasteiger partial charge >= 0.3 is 0 Å². The maximum Gasteiger partial charge on any atom is 0.187 e. The Hall–Kier alpha value is -3.46. The first-order chi connectivity index (χ1) is 16.0. The number of benzene rings is 2. The highest BCUT2D eigenvalue weighted by atomic mass is 35.5. The molecule has 3 heterocycles. The van der Waals surface area contributed by atoms with E-state index in [1.807, 2.05) is 60.9 Å². The summed E-state index contributed by atoms with van der Waals surface area (Å²) in [5, 5.41) is 1.55. The molecule has 0 bridgehead atoms. The van der Waals surface area contributed by atoms with Crippen molar-refractivity contribution in [1.29, 1.82) is 0 Å². The Balaban J connectivity index is 1.49. The van der Waals surface area contributed by atoms with Crippen molar-refractivity contribution in [2.45, 2.75) is 26.1 Å². The monoisotopic (exact) mass is 454 g/mol. The lowest BCUT2D eigenvalue weighted by molar-refractivity contribution is -0.00545. The van der Waals surface area contributed by atoms with Crippen LogP contribution in [-0.4, -0.2) is 35.3 Å². The molecule has 2 aromatic heterocycles. The van der Waals surface area contributed by atoms with E-state index in [1.54, 1.807) is 0 Å². The fourth-order valence-electron chi connectivity index (χ4n) is 4.44. The zero-order valence-corrected chi connectivity index (χ0v) is 19.3. The summed E-state index contributed by atoms with van der Waals surface area (Å²) in [7, 11) is 0. The van der Waals surface area contributed by atoms with Gasteiger partial charge in [0, 0.05) is 47.6 Å². The van der Waals surface area contributed by atoms with Gasteiger partial charge in [0.25, 0.3) is 0 Å².